The third-order valence-corrected chi connectivity index (χ3v) is 3.10. The molecule has 0 saturated carbocycles. The first kappa shape index (κ1) is 9.89. The highest BCUT2D eigenvalue weighted by Crippen LogP contribution is 2.26. The molecule has 2 unspecified atom stereocenters. The second-order valence-corrected chi connectivity index (χ2v) is 4.17. The quantitative estimate of drug-likeness (QED) is 0.713. The fourth-order valence-electron chi connectivity index (χ4n) is 0.672. The van der Waals surface area contributed by atoms with E-state index >= 15 is 0 Å². The lowest BCUT2D eigenvalue weighted by molar-refractivity contribution is 0.118. The van der Waals surface area contributed by atoms with Crippen LogP contribution in [0, 0.1) is 0 Å². The molecule has 0 aromatic carbocycles. The second-order valence-electron chi connectivity index (χ2n) is 2.47. The molecule has 0 N–H and O–H groups in total. The molecule has 0 aliphatic carbocycles. The van der Waals surface area contributed by atoms with E-state index in [-0.39, 0.29) is 11.5 Å². The maximum Gasteiger partial charge on any atom is 0.146 e. The molecule has 0 amide bonds. The zero-order chi connectivity index (χ0) is 9.14. The number of halogens is 1. The van der Waals surface area contributed by atoms with E-state index in [1.54, 1.807) is 7.11 Å². The van der Waals surface area contributed by atoms with Crippen molar-refractivity contribution >= 4 is 22.9 Å². The minimum absolute atomic E-state index is 0.00617. The van der Waals surface area contributed by atoms with Crippen molar-refractivity contribution in [2.24, 2.45) is 0 Å². The highest BCUT2D eigenvalue weighted by atomic mass is 35.5. The Morgan fingerprint density at radius 3 is 2.33 bits per heavy atom. The summed E-state index contributed by atoms with van der Waals surface area (Å²) in [5.74, 6) is 0. The molecular weight excluding hydrogens is 196 g/mol. The monoisotopic (exact) mass is 206 g/mol. The summed E-state index contributed by atoms with van der Waals surface area (Å²) in [7, 11) is 1.65. The molecule has 68 valence electrons. The Morgan fingerprint density at radius 1 is 1.33 bits per heavy atom. The van der Waals surface area contributed by atoms with Crippen molar-refractivity contribution in [3.05, 3.63) is 10.0 Å². The molecule has 1 aromatic heterocycles. The minimum atomic E-state index is -0.0692. The van der Waals surface area contributed by atoms with E-state index in [1.165, 1.54) is 11.3 Å². The van der Waals surface area contributed by atoms with Gasteiger partial charge in [-0.1, -0.05) is 11.3 Å². The third kappa shape index (κ3) is 2.15. The maximum atomic E-state index is 5.83. The highest BCUT2D eigenvalue weighted by Gasteiger charge is 2.13. The molecule has 2 atom stereocenters. The molecule has 0 aliphatic rings. The maximum absolute atomic E-state index is 5.83. The summed E-state index contributed by atoms with van der Waals surface area (Å²) >= 11 is 7.33. The van der Waals surface area contributed by atoms with E-state index in [2.05, 4.69) is 10.2 Å². The van der Waals surface area contributed by atoms with Crippen molar-refractivity contribution in [1.29, 1.82) is 0 Å². The lowest BCUT2D eigenvalue weighted by Crippen LogP contribution is -1.93. The number of ether oxygens (including phenoxy) is 1. The molecule has 1 heterocycles. The number of alkyl halides is 1. The molecule has 12 heavy (non-hydrogen) atoms. The molecule has 0 aliphatic heterocycles. The second kappa shape index (κ2) is 4.16. The molecule has 0 saturated heterocycles. The lowest BCUT2D eigenvalue weighted by atomic mass is 10.4. The van der Waals surface area contributed by atoms with E-state index in [9.17, 15) is 0 Å². The summed E-state index contributed by atoms with van der Waals surface area (Å²) in [5.41, 5.74) is 0. The number of hydrogen-bond donors (Lipinski definition) is 0. The molecular formula is C7H11ClN2OS. The van der Waals surface area contributed by atoms with Gasteiger partial charge in [-0.3, -0.25) is 0 Å². The van der Waals surface area contributed by atoms with Crippen LogP contribution in [0.25, 0.3) is 0 Å². The van der Waals surface area contributed by atoms with Crippen molar-refractivity contribution in [2.45, 2.75) is 25.3 Å². The first-order valence-electron chi connectivity index (χ1n) is 3.65. The van der Waals surface area contributed by atoms with Crippen LogP contribution in [0.1, 0.15) is 35.3 Å². The van der Waals surface area contributed by atoms with Crippen LogP contribution in [-0.2, 0) is 4.74 Å². The first-order valence-corrected chi connectivity index (χ1v) is 4.90. The van der Waals surface area contributed by atoms with E-state index in [4.69, 9.17) is 16.3 Å². The Bertz CT molecular complexity index is 251. The van der Waals surface area contributed by atoms with Gasteiger partial charge in [-0.2, -0.15) is 0 Å². The van der Waals surface area contributed by atoms with Crippen LogP contribution in [0.3, 0.4) is 0 Å². The smallest absolute Gasteiger partial charge is 0.146 e. The normalized spacial score (nSPS) is 16.0. The zero-order valence-electron chi connectivity index (χ0n) is 7.24. The van der Waals surface area contributed by atoms with Gasteiger partial charge in [-0.05, 0) is 13.8 Å². The number of hydrogen-bond acceptors (Lipinski definition) is 4. The van der Waals surface area contributed by atoms with Crippen molar-refractivity contribution in [1.82, 2.24) is 10.2 Å². The van der Waals surface area contributed by atoms with Crippen LogP contribution >= 0.6 is 22.9 Å². The van der Waals surface area contributed by atoms with Gasteiger partial charge in [0.05, 0.1) is 5.38 Å². The summed E-state index contributed by atoms with van der Waals surface area (Å²) < 4.78 is 5.09. The van der Waals surface area contributed by atoms with Crippen molar-refractivity contribution in [3.63, 3.8) is 0 Å². The van der Waals surface area contributed by atoms with Gasteiger partial charge in [0.25, 0.3) is 0 Å². The van der Waals surface area contributed by atoms with Gasteiger partial charge in [0.2, 0.25) is 0 Å². The van der Waals surface area contributed by atoms with Crippen LogP contribution in [0.2, 0.25) is 0 Å². The van der Waals surface area contributed by atoms with Gasteiger partial charge in [-0.25, -0.2) is 0 Å². The molecule has 0 radical (unpaired) electrons. The average molecular weight is 207 g/mol. The minimum Gasteiger partial charge on any atom is -0.374 e. The number of nitrogens with zero attached hydrogens (tertiary/aromatic N) is 2. The fraction of sp³-hybridized carbons (Fsp3) is 0.714. The van der Waals surface area contributed by atoms with Crippen molar-refractivity contribution in [3.8, 4) is 0 Å². The number of aromatic nitrogens is 2. The number of methoxy groups -OCH3 is 1. The van der Waals surface area contributed by atoms with Crippen LogP contribution in [0.4, 0.5) is 0 Å². The van der Waals surface area contributed by atoms with Gasteiger partial charge in [-0.15, -0.1) is 21.8 Å². The van der Waals surface area contributed by atoms with Gasteiger partial charge in [0, 0.05) is 7.11 Å². The summed E-state index contributed by atoms with van der Waals surface area (Å²) in [6.45, 7) is 3.81. The summed E-state index contributed by atoms with van der Waals surface area (Å²) in [4.78, 5) is 0. The fourth-order valence-corrected chi connectivity index (χ4v) is 1.65. The van der Waals surface area contributed by atoms with Crippen molar-refractivity contribution < 1.29 is 4.74 Å². The largest absolute Gasteiger partial charge is 0.374 e. The van der Waals surface area contributed by atoms with Gasteiger partial charge in [0.15, 0.2) is 0 Å². The van der Waals surface area contributed by atoms with Gasteiger partial charge >= 0.3 is 0 Å². The first-order chi connectivity index (χ1) is 5.65. The Hall–Kier alpha value is -0.190. The SMILES string of the molecule is COC(C)c1nnc(C(C)Cl)s1. The molecule has 0 fully saturated rings. The predicted molar refractivity (Wildman–Crippen MR) is 49.6 cm³/mol. The summed E-state index contributed by atoms with van der Waals surface area (Å²) in [6, 6.07) is 0. The molecule has 1 rings (SSSR count). The summed E-state index contributed by atoms with van der Waals surface area (Å²) in [5, 5.41) is 9.56. The third-order valence-electron chi connectivity index (χ3n) is 1.50. The predicted octanol–water partition coefficient (Wildman–Crippen LogP) is 2.55. The summed E-state index contributed by atoms with van der Waals surface area (Å²) in [6.07, 6.45) is 0.00617. The van der Waals surface area contributed by atoms with E-state index < -0.39 is 0 Å². The van der Waals surface area contributed by atoms with Crippen molar-refractivity contribution in [2.75, 3.05) is 7.11 Å². The van der Waals surface area contributed by atoms with Crippen LogP contribution in [0.5, 0.6) is 0 Å². The Balaban J connectivity index is 2.77. The van der Waals surface area contributed by atoms with Gasteiger partial charge in [0.1, 0.15) is 16.1 Å². The van der Waals surface area contributed by atoms with Crippen LogP contribution < -0.4 is 0 Å². The average Bonchev–Trinajstić information content (AvgIpc) is 2.51. The van der Waals surface area contributed by atoms with E-state index in [0.717, 1.165) is 10.0 Å². The Labute approximate surface area is 80.7 Å². The zero-order valence-corrected chi connectivity index (χ0v) is 8.82. The van der Waals surface area contributed by atoms with E-state index in [0.29, 0.717) is 0 Å². The molecule has 3 nitrogen and oxygen atoms in total. The molecule has 5 heteroatoms. The lowest BCUT2D eigenvalue weighted by Gasteiger charge is -2.02. The Kier molecular flexibility index (Phi) is 3.43. The van der Waals surface area contributed by atoms with E-state index in [1.807, 2.05) is 13.8 Å². The molecule has 0 bridgehead atoms. The Morgan fingerprint density at radius 2 is 1.92 bits per heavy atom. The highest BCUT2D eigenvalue weighted by molar-refractivity contribution is 7.11. The standard InChI is InChI=1S/C7H11ClN2OS/c1-4(8)6-9-10-7(12-6)5(2)11-3/h4-5H,1-3H3. The van der Waals surface area contributed by atoms with Gasteiger partial charge < -0.3 is 4.74 Å². The molecule has 1 aromatic rings. The number of rotatable bonds is 3. The van der Waals surface area contributed by atoms with Crippen LogP contribution in [-0.4, -0.2) is 17.3 Å². The molecule has 0 spiro atoms. The van der Waals surface area contributed by atoms with Crippen LogP contribution in [0.15, 0.2) is 0 Å². The topological polar surface area (TPSA) is 35.0 Å².